The average molecular weight is 361 g/mol. The molecule has 0 aromatic carbocycles. The molecular formula is C18H28N6S. The molecule has 2 aromatic rings. The Labute approximate surface area is 154 Å². The van der Waals surface area contributed by atoms with Crippen LogP contribution in [0, 0.1) is 0 Å². The van der Waals surface area contributed by atoms with Gasteiger partial charge in [-0.3, -0.25) is 0 Å². The van der Waals surface area contributed by atoms with Gasteiger partial charge in [0.05, 0.1) is 18.8 Å². The lowest BCUT2D eigenvalue weighted by Crippen LogP contribution is -2.36. The van der Waals surface area contributed by atoms with Crippen LogP contribution in [0.3, 0.4) is 0 Å². The predicted molar refractivity (Wildman–Crippen MR) is 106 cm³/mol. The van der Waals surface area contributed by atoms with E-state index < -0.39 is 0 Å². The Morgan fingerprint density at radius 1 is 1.32 bits per heavy atom. The van der Waals surface area contributed by atoms with Gasteiger partial charge in [-0.1, -0.05) is 13.8 Å². The van der Waals surface area contributed by atoms with Crippen molar-refractivity contribution in [3.63, 3.8) is 0 Å². The molecule has 0 atom stereocenters. The van der Waals surface area contributed by atoms with Crippen molar-refractivity contribution < 1.29 is 0 Å². The Morgan fingerprint density at radius 2 is 2.12 bits per heavy atom. The van der Waals surface area contributed by atoms with Crippen LogP contribution in [0.5, 0.6) is 0 Å². The van der Waals surface area contributed by atoms with Crippen LogP contribution in [0.25, 0.3) is 0 Å². The average Bonchev–Trinajstić information content (AvgIpc) is 3.07. The zero-order valence-electron chi connectivity index (χ0n) is 15.7. The molecule has 2 aromatic heterocycles. The minimum absolute atomic E-state index is 0.462. The summed E-state index contributed by atoms with van der Waals surface area (Å²) in [7, 11) is 3.97. The summed E-state index contributed by atoms with van der Waals surface area (Å²) >= 11 is 1.69. The Morgan fingerprint density at radius 3 is 2.76 bits per heavy atom. The lowest BCUT2D eigenvalue weighted by molar-refractivity contribution is 0.788. The van der Waals surface area contributed by atoms with Crippen molar-refractivity contribution in [1.29, 1.82) is 0 Å². The summed E-state index contributed by atoms with van der Waals surface area (Å²) < 4.78 is 0. The van der Waals surface area contributed by atoms with Gasteiger partial charge in [0, 0.05) is 32.2 Å². The van der Waals surface area contributed by atoms with Gasteiger partial charge in [-0.2, -0.15) is 0 Å². The van der Waals surface area contributed by atoms with Crippen LogP contribution in [-0.2, 0) is 13.1 Å². The Hall–Kier alpha value is -2.15. The number of aromatic nitrogens is 2. The highest BCUT2D eigenvalue weighted by Crippen LogP contribution is 2.17. The fourth-order valence-electron chi connectivity index (χ4n) is 2.15. The van der Waals surface area contributed by atoms with Gasteiger partial charge in [0.15, 0.2) is 5.96 Å². The summed E-state index contributed by atoms with van der Waals surface area (Å²) in [4.78, 5) is 15.6. The van der Waals surface area contributed by atoms with E-state index in [1.807, 2.05) is 31.3 Å². The number of hydrogen-bond acceptors (Lipinski definition) is 5. The van der Waals surface area contributed by atoms with Crippen LogP contribution in [0.1, 0.15) is 43.0 Å². The van der Waals surface area contributed by atoms with Crippen LogP contribution in [0.15, 0.2) is 28.7 Å². The van der Waals surface area contributed by atoms with E-state index in [1.165, 1.54) is 0 Å². The number of thiazole rings is 1. The molecule has 0 aliphatic carbocycles. The smallest absolute Gasteiger partial charge is 0.191 e. The molecule has 2 heterocycles. The third-order valence-corrected chi connectivity index (χ3v) is 4.47. The normalized spacial score (nSPS) is 11.7. The molecule has 7 heteroatoms. The van der Waals surface area contributed by atoms with E-state index in [4.69, 9.17) is 0 Å². The van der Waals surface area contributed by atoms with Crippen LogP contribution < -0.4 is 15.5 Å². The zero-order valence-corrected chi connectivity index (χ0v) is 16.5. The molecule has 0 saturated heterocycles. The summed E-state index contributed by atoms with van der Waals surface area (Å²) in [5.41, 5.74) is 2.28. The molecule has 0 aliphatic rings. The van der Waals surface area contributed by atoms with E-state index in [2.05, 4.69) is 57.8 Å². The molecule has 2 rings (SSSR count). The van der Waals surface area contributed by atoms with Crippen molar-refractivity contribution in [2.24, 2.45) is 4.99 Å². The molecule has 0 amide bonds. The first kappa shape index (κ1) is 19.2. The monoisotopic (exact) mass is 360 g/mol. The van der Waals surface area contributed by atoms with Gasteiger partial charge in [0.2, 0.25) is 0 Å². The zero-order chi connectivity index (χ0) is 18.2. The van der Waals surface area contributed by atoms with Gasteiger partial charge in [0.25, 0.3) is 0 Å². The molecule has 6 nitrogen and oxygen atoms in total. The summed E-state index contributed by atoms with van der Waals surface area (Å²) in [5, 5.41) is 9.84. The third kappa shape index (κ3) is 6.01. The fourth-order valence-corrected chi connectivity index (χ4v) is 3.04. The quantitative estimate of drug-likeness (QED) is 0.587. The SMILES string of the molecule is CCNC(=NCc1ccnc(N(C)C)c1)NCc1nc(C(C)C)cs1. The van der Waals surface area contributed by atoms with Crippen molar-refractivity contribution in [3.8, 4) is 0 Å². The molecule has 0 radical (unpaired) electrons. The van der Waals surface area contributed by atoms with Gasteiger partial charge in [-0.25, -0.2) is 15.0 Å². The number of nitrogens with zero attached hydrogens (tertiary/aromatic N) is 4. The number of guanidine groups is 1. The number of anilines is 1. The number of pyridine rings is 1. The standard InChI is InChI=1S/C18H28N6S/c1-6-19-18(22-11-17-23-15(12-25-17)13(2)3)21-10-14-7-8-20-16(9-14)24(4)5/h7-9,12-13H,6,10-11H2,1-5H3,(H2,19,21,22). The van der Waals surface area contributed by atoms with Crippen LogP contribution in [0.4, 0.5) is 5.82 Å². The minimum Gasteiger partial charge on any atom is -0.363 e. The largest absolute Gasteiger partial charge is 0.363 e. The second-order valence-corrected chi connectivity index (χ2v) is 7.23. The van der Waals surface area contributed by atoms with E-state index in [1.54, 1.807) is 11.3 Å². The number of aliphatic imine (C=N–C) groups is 1. The first-order chi connectivity index (χ1) is 12.0. The maximum absolute atomic E-state index is 4.67. The lowest BCUT2D eigenvalue weighted by atomic mass is 10.2. The van der Waals surface area contributed by atoms with Crippen molar-refractivity contribution >= 4 is 23.1 Å². The van der Waals surface area contributed by atoms with E-state index in [0.29, 0.717) is 19.0 Å². The van der Waals surface area contributed by atoms with Crippen LogP contribution in [-0.4, -0.2) is 36.6 Å². The Balaban J connectivity index is 1.98. The second kappa shape index (κ2) is 9.36. The van der Waals surface area contributed by atoms with E-state index in [9.17, 15) is 0 Å². The van der Waals surface area contributed by atoms with Gasteiger partial charge < -0.3 is 15.5 Å². The molecule has 0 spiro atoms. The van der Waals surface area contributed by atoms with Gasteiger partial charge in [-0.05, 0) is 30.5 Å². The maximum atomic E-state index is 4.67. The number of nitrogens with one attached hydrogen (secondary N) is 2. The summed E-state index contributed by atoms with van der Waals surface area (Å²) in [6.07, 6.45) is 1.82. The molecule has 0 bridgehead atoms. The molecule has 0 unspecified atom stereocenters. The lowest BCUT2D eigenvalue weighted by Gasteiger charge is -2.12. The predicted octanol–water partition coefficient (Wildman–Crippen LogP) is 2.98. The van der Waals surface area contributed by atoms with Crippen molar-refractivity contribution in [1.82, 2.24) is 20.6 Å². The second-order valence-electron chi connectivity index (χ2n) is 6.29. The van der Waals surface area contributed by atoms with E-state index in [-0.39, 0.29) is 0 Å². The van der Waals surface area contributed by atoms with E-state index >= 15 is 0 Å². The fraction of sp³-hybridized carbons (Fsp3) is 0.500. The van der Waals surface area contributed by atoms with Crippen LogP contribution >= 0.6 is 11.3 Å². The highest BCUT2D eigenvalue weighted by Gasteiger charge is 2.06. The molecule has 25 heavy (non-hydrogen) atoms. The van der Waals surface area contributed by atoms with Gasteiger partial charge >= 0.3 is 0 Å². The third-order valence-electron chi connectivity index (χ3n) is 3.60. The summed E-state index contributed by atoms with van der Waals surface area (Å²) in [5.74, 6) is 2.20. The summed E-state index contributed by atoms with van der Waals surface area (Å²) in [6, 6.07) is 4.05. The Kier molecular flexibility index (Phi) is 7.18. The number of rotatable bonds is 7. The van der Waals surface area contributed by atoms with E-state index in [0.717, 1.165) is 34.6 Å². The van der Waals surface area contributed by atoms with Crippen molar-refractivity contribution in [3.05, 3.63) is 40.0 Å². The molecule has 2 N–H and O–H groups in total. The Bertz CT molecular complexity index is 692. The highest BCUT2D eigenvalue weighted by atomic mass is 32.1. The molecular weight excluding hydrogens is 332 g/mol. The molecule has 136 valence electrons. The maximum Gasteiger partial charge on any atom is 0.191 e. The van der Waals surface area contributed by atoms with Gasteiger partial charge in [-0.15, -0.1) is 11.3 Å². The first-order valence-corrected chi connectivity index (χ1v) is 9.46. The van der Waals surface area contributed by atoms with Gasteiger partial charge in [0.1, 0.15) is 10.8 Å². The van der Waals surface area contributed by atoms with Crippen molar-refractivity contribution in [2.45, 2.75) is 39.8 Å². The molecule has 0 aliphatic heterocycles. The molecule has 0 fully saturated rings. The first-order valence-electron chi connectivity index (χ1n) is 8.58. The minimum atomic E-state index is 0.462. The topological polar surface area (TPSA) is 65.4 Å². The number of hydrogen-bond donors (Lipinski definition) is 2. The highest BCUT2D eigenvalue weighted by molar-refractivity contribution is 7.09. The summed E-state index contributed by atoms with van der Waals surface area (Å²) in [6.45, 7) is 8.49. The van der Waals surface area contributed by atoms with Crippen LogP contribution in [0.2, 0.25) is 0 Å². The molecule has 0 saturated carbocycles. The van der Waals surface area contributed by atoms with Crippen molar-refractivity contribution in [2.75, 3.05) is 25.5 Å².